The minimum absolute atomic E-state index is 0.00909. The quantitative estimate of drug-likeness (QED) is 0.656. The number of carbonyl (C=O) groups excluding carboxylic acids is 2. The van der Waals surface area contributed by atoms with E-state index < -0.39 is 18.1 Å². The molecule has 1 aliphatic heterocycles. The summed E-state index contributed by atoms with van der Waals surface area (Å²) in [5.74, 6) is -1.85. The molecule has 1 aliphatic rings. The van der Waals surface area contributed by atoms with Crippen LogP contribution in [0.4, 0.5) is 18.9 Å². The molecule has 0 fully saturated rings. The molecule has 1 aromatic carbocycles. The molecule has 0 saturated heterocycles. The van der Waals surface area contributed by atoms with Gasteiger partial charge in [0.15, 0.2) is 6.10 Å². The minimum atomic E-state index is -4.71. The summed E-state index contributed by atoms with van der Waals surface area (Å²) in [6.45, 7) is 3.14. The Balaban J connectivity index is 1.69. The molecule has 0 bridgehead atoms. The number of benzene rings is 1. The summed E-state index contributed by atoms with van der Waals surface area (Å²) < 4.78 is 45.7. The average molecular weight is 448 g/mol. The Kier molecular flexibility index (Phi) is 5.23. The van der Waals surface area contributed by atoms with Gasteiger partial charge in [-0.25, -0.2) is 9.50 Å². The number of ether oxygens (including phenoxy) is 1. The Morgan fingerprint density at radius 3 is 2.62 bits per heavy atom. The summed E-state index contributed by atoms with van der Waals surface area (Å²) in [7, 11) is 1.47. The first-order valence-corrected chi connectivity index (χ1v) is 9.68. The number of nitrogens with zero attached hydrogens (tertiary/aromatic N) is 5. The van der Waals surface area contributed by atoms with Crippen molar-refractivity contribution >= 4 is 23.3 Å². The lowest BCUT2D eigenvalue weighted by Gasteiger charge is -2.34. The van der Waals surface area contributed by atoms with Crippen molar-refractivity contribution in [3.63, 3.8) is 0 Å². The monoisotopic (exact) mass is 448 g/mol. The molecular formula is C20H19F3N6O3. The van der Waals surface area contributed by atoms with E-state index in [0.717, 1.165) is 4.52 Å². The van der Waals surface area contributed by atoms with Gasteiger partial charge in [-0.05, 0) is 26.0 Å². The maximum Gasteiger partial charge on any atom is 0.453 e. The lowest BCUT2D eigenvalue weighted by Crippen LogP contribution is -2.50. The molecular weight excluding hydrogens is 429 g/mol. The normalized spacial score (nSPS) is 15.9. The lowest BCUT2D eigenvalue weighted by atomic mass is 10.1. The highest BCUT2D eigenvalue weighted by atomic mass is 19.4. The number of amides is 2. The molecule has 1 unspecified atom stereocenters. The van der Waals surface area contributed by atoms with E-state index in [0.29, 0.717) is 28.4 Å². The fourth-order valence-corrected chi connectivity index (χ4v) is 3.60. The molecule has 32 heavy (non-hydrogen) atoms. The van der Waals surface area contributed by atoms with Gasteiger partial charge < -0.3 is 15.0 Å². The van der Waals surface area contributed by atoms with E-state index in [1.165, 1.54) is 11.9 Å². The molecule has 3 heterocycles. The summed E-state index contributed by atoms with van der Waals surface area (Å²) >= 11 is 0. The van der Waals surface area contributed by atoms with Crippen molar-refractivity contribution in [2.45, 2.75) is 32.5 Å². The second-order valence-corrected chi connectivity index (χ2v) is 7.28. The predicted molar refractivity (Wildman–Crippen MR) is 106 cm³/mol. The first-order valence-electron chi connectivity index (χ1n) is 9.68. The molecule has 168 valence electrons. The highest BCUT2D eigenvalue weighted by Crippen LogP contribution is 2.34. The van der Waals surface area contributed by atoms with Crippen LogP contribution in [0.3, 0.4) is 0 Å². The van der Waals surface area contributed by atoms with Crippen molar-refractivity contribution in [1.82, 2.24) is 24.9 Å². The van der Waals surface area contributed by atoms with Gasteiger partial charge >= 0.3 is 6.18 Å². The van der Waals surface area contributed by atoms with E-state index in [2.05, 4.69) is 20.4 Å². The first-order chi connectivity index (χ1) is 15.1. The molecule has 2 amide bonds. The van der Waals surface area contributed by atoms with E-state index >= 15 is 0 Å². The summed E-state index contributed by atoms with van der Waals surface area (Å²) in [6.07, 6.45) is -5.76. The van der Waals surface area contributed by atoms with Gasteiger partial charge in [-0.15, -0.1) is 5.10 Å². The summed E-state index contributed by atoms with van der Waals surface area (Å²) in [6, 6.07) is 6.81. The van der Waals surface area contributed by atoms with Crippen LogP contribution in [0.2, 0.25) is 0 Å². The van der Waals surface area contributed by atoms with Gasteiger partial charge in [-0.2, -0.15) is 18.2 Å². The molecule has 0 saturated carbocycles. The Labute approximate surface area is 180 Å². The maximum absolute atomic E-state index is 13.3. The van der Waals surface area contributed by atoms with Gasteiger partial charge in [-0.1, -0.05) is 12.1 Å². The van der Waals surface area contributed by atoms with Gasteiger partial charge in [0.2, 0.25) is 5.91 Å². The molecule has 12 heteroatoms. The van der Waals surface area contributed by atoms with Crippen LogP contribution in [0.25, 0.3) is 5.78 Å². The molecule has 0 spiro atoms. The number of alkyl halides is 3. The van der Waals surface area contributed by atoms with Crippen molar-refractivity contribution in [3.8, 4) is 5.75 Å². The first kappa shape index (κ1) is 21.5. The number of nitrogens with one attached hydrogen (secondary N) is 1. The molecule has 2 aromatic heterocycles. The Bertz CT molecular complexity index is 1220. The topological polar surface area (TPSA) is 102 Å². The average Bonchev–Trinajstić information content (AvgIpc) is 3.19. The van der Waals surface area contributed by atoms with E-state index in [1.807, 2.05) is 0 Å². The zero-order chi connectivity index (χ0) is 23.2. The number of fused-ring (bicyclic) bond motifs is 2. The third-order valence-corrected chi connectivity index (χ3v) is 5.24. The number of carbonyl (C=O) groups is 2. The number of hydrogen-bond donors (Lipinski definition) is 1. The van der Waals surface area contributed by atoms with E-state index in [9.17, 15) is 22.8 Å². The summed E-state index contributed by atoms with van der Waals surface area (Å²) in [5.41, 5.74) is 1.63. The van der Waals surface area contributed by atoms with Gasteiger partial charge in [-0.3, -0.25) is 9.59 Å². The highest BCUT2D eigenvalue weighted by Gasteiger charge is 2.37. The predicted octanol–water partition coefficient (Wildman–Crippen LogP) is 1.84. The number of aryl methyl sites for hydroxylation is 2. The van der Waals surface area contributed by atoms with E-state index in [-0.39, 0.29) is 30.6 Å². The van der Waals surface area contributed by atoms with Crippen molar-refractivity contribution in [2.24, 2.45) is 0 Å². The van der Waals surface area contributed by atoms with Crippen molar-refractivity contribution in [1.29, 1.82) is 0 Å². The van der Waals surface area contributed by atoms with Crippen LogP contribution >= 0.6 is 0 Å². The number of rotatable bonds is 3. The Hall–Kier alpha value is -3.70. The second-order valence-electron chi connectivity index (χ2n) is 7.28. The third kappa shape index (κ3) is 3.72. The molecule has 3 aromatic rings. The largest absolute Gasteiger partial charge is 0.477 e. The maximum atomic E-state index is 13.3. The fourth-order valence-electron chi connectivity index (χ4n) is 3.60. The molecule has 9 nitrogen and oxygen atoms in total. The van der Waals surface area contributed by atoms with Crippen LogP contribution in [0.5, 0.6) is 5.75 Å². The van der Waals surface area contributed by atoms with E-state index in [1.54, 1.807) is 38.1 Å². The zero-order valence-electron chi connectivity index (χ0n) is 17.4. The number of hydrogen-bond acceptors (Lipinski definition) is 6. The number of halogens is 3. The van der Waals surface area contributed by atoms with Gasteiger partial charge in [0.1, 0.15) is 5.75 Å². The highest BCUT2D eigenvalue weighted by molar-refractivity contribution is 5.98. The van der Waals surface area contributed by atoms with Crippen LogP contribution in [-0.4, -0.2) is 51.1 Å². The SMILES string of the molecule is CNC(=O)C1CN(C(=O)Cc2c(C)nc3nc(C(F)(F)F)nn3c2C)c2ccccc2O1. The van der Waals surface area contributed by atoms with Crippen molar-refractivity contribution in [2.75, 3.05) is 18.5 Å². The molecule has 1 atom stereocenters. The minimum Gasteiger partial charge on any atom is -0.477 e. The smallest absolute Gasteiger partial charge is 0.453 e. The summed E-state index contributed by atoms with van der Waals surface area (Å²) in [5, 5.41) is 6.01. The Morgan fingerprint density at radius 1 is 1.22 bits per heavy atom. The molecule has 4 rings (SSSR count). The third-order valence-electron chi connectivity index (χ3n) is 5.24. The fraction of sp³-hybridized carbons (Fsp3) is 0.350. The van der Waals surface area contributed by atoms with Crippen LogP contribution in [0.15, 0.2) is 24.3 Å². The second kappa shape index (κ2) is 7.77. The number of likely N-dealkylation sites (N-methyl/N-ethyl adjacent to an activating group) is 1. The van der Waals surface area contributed by atoms with Crippen molar-refractivity contribution in [3.05, 3.63) is 47.0 Å². The zero-order valence-corrected chi connectivity index (χ0v) is 17.4. The molecule has 0 radical (unpaired) electrons. The molecule has 0 aliphatic carbocycles. The van der Waals surface area contributed by atoms with Gasteiger partial charge in [0.05, 0.1) is 18.7 Å². The summed E-state index contributed by atoms with van der Waals surface area (Å²) in [4.78, 5) is 34.4. The van der Waals surface area contributed by atoms with Crippen molar-refractivity contribution < 1.29 is 27.5 Å². The number of anilines is 1. The van der Waals surface area contributed by atoms with Crippen LogP contribution in [0.1, 0.15) is 22.8 Å². The molecule has 1 N–H and O–H groups in total. The van der Waals surface area contributed by atoms with Crippen LogP contribution in [-0.2, 0) is 22.2 Å². The number of aromatic nitrogens is 4. The standard InChI is InChI=1S/C20H19F3N6O3/c1-10-12(11(2)29-19(25-10)26-18(27-29)20(21,22)23)8-16(30)28-9-15(17(31)24-3)32-14-7-5-4-6-13(14)28/h4-7,15H,8-9H2,1-3H3,(H,24,31). The lowest BCUT2D eigenvalue weighted by molar-refractivity contribution is -0.144. The van der Waals surface area contributed by atoms with E-state index in [4.69, 9.17) is 4.74 Å². The van der Waals surface area contributed by atoms with Crippen LogP contribution in [0, 0.1) is 13.8 Å². The van der Waals surface area contributed by atoms with Gasteiger partial charge in [0.25, 0.3) is 17.5 Å². The Morgan fingerprint density at radius 2 is 1.94 bits per heavy atom. The van der Waals surface area contributed by atoms with Gasteiger partial charge in [0, 0.05) is 24.0 Å². The number of para-hydroxylation sites is 2. The van der Waals surface area contributed by atoms with Crippen LogP contribution < -0.4 is 15.0 Å².